The fourth-order valence-electron chi connectivity index (χ4n) is 7.06. The fourth-order valence-corrected chi connectivity index (χ4v) is 7.06. The van der Waals surface area contributed by atoms with Crippen LogP contribution in [0.5, 0.6) is 0 Å². The van der Waals surface area contributed by atoms with E-state index in [1.165, 1.54) is 27.2 Å². The highest BCUT2D eigenvalue weighted by Gasteiger charge is 2.23. The lowest BCUT2D eigenvalue weighted by Gasteiger charge is -2.10. The van der Waals surface area contributed by atoms with Crippen molar-refractivity contribution in [2.75, 3.05) is 0 Å². The number of furan rings is 1. The van der Waals surface area contributed by atoms with Gasteiger partial charge in [-0.15, -0.1) is 0 Å². The molecule has 0 radical (unpaired) electrons. The topological polar surface area (TPSA) is 48.8 Å². The Morgan fingerprint density at radius 2 is 1.00 bits per heavy atom. The van der Waals surface area contributed by atoms with Gasteiger partial charge in [0.05, 0.1) is 22.1 Å². The van der Waals surface area contributed by atoms with Gasteiger partial charge >= 0.3 is 0 Å². The van der Waals surface area contributed by atoms with Gasteiger partial charge in [-0.3, -0.25) is 4.57 Å². The van der Waals surface area contributed by atoms with Gasteiger partial charge in [-0.1, -0.05) is 97.1 Å². The van der Waals surface area contributed by atoms with Crippen molar-refractivity contribution in [3.8, 4) is 22.9 Å². The van der Waals surface area contributed by atoms with Crippen LogP contribution in [0.1, 0.15) is 0 Å². The number of rotatable bonds is 3. The third-order valence-corrected chi connectivity index (χ3v) is 8.94. The molecule has 0 atom stereocenters. The molecule has 5 nitrogen and oxygen atoms in total. The highest BCUT2D eigenvalue weighted by Crippen LogP contribution is 2.42. The number of aromatic nitrogens is 4. The van der Waals surface area contributed by atoms with Crippen molar-refractivity contribution in [3.05, 3.63) is 146 Å². The van der Waals surface area contributed by atoms with Gasteiger partial charge < -0.3 is 8.98 Å². The summed E-state index contributed by atoms with van der Waals surface area (Å²) < 4.78 is 11.0. The van der Waals surface area contributed by atoms with Gasteiger partial charge in [-0.25, -0.2) is 9.97 Å². The number of hydrogen-bond acceptors (Lipinski definition) is 3. The van der Waals surface area contributed by atoms with Crippen LogP contribution in [0.2, 0.25) is 0 Å². The predicted octanol–water partition coefficient (Wildman–Crippen LogP) is 10.2. The Bertz CT molecular complexity index is 2750. The molecular weight excluding hydrogens is 552 g/mol. The number of para-hydroxylation sites is 4. The van der Waals surface area contributed by atoms with Crippen molar-refractivity contribution in [2.45, 2.75) is 0 Å². The zero-order chi connectivity index (χ0) is 29.5. The SMILES string of the molecule is c1ccc(-c2nc(-n3c4ccccc4c4c5c6ccccc6n(-c6ccccc6)c5ccc43)nc3c2oc2ccccc23)cc1. The van der Waals surface area contributed by atoms with Crippen LogP contribution in [-0.4, -0.2) is 19.1 Å². The standard InChI is InChI=1S/C40H24N4O/c1-3-13-25(14-4-1)37-39-38(29-19-9-12-22-34(29)45-39)42-40(41-37)44-31-21-11-8-18-28(31)36-33(44)24-23-32-35(36)27-17-7-10-20-30(27)43(32)26-15-5-2-6-16-26/h1-24H. The Labute approximate surface area is 257 Å². The van der Waals surface area contributed by atoms with E-state index in [-0.39, 0.29) is 0 Å². The molecule has 6 aromatic carbocycles. The van der Waals surface area contributed by atoms with Gasteiger partial charge in [0.1, 0.15) is 16.8 Å². The van der Waals surface area contributed by atoms with Crippen LogP contribution in [0.4, 0.5) is 0 Å². The van der Waals surface area contributed by atoms with Crippen molar-refractivity contribution in [2.24, 2.45) is 0 Å². The molecule has 0 aliphatic rings. The van der Waals surface area contributed by atoms with Crippen molar-refractivity contribution < 1.29 is 4.42 Å². The minimum absolute atomic E-state index is 0.616. The second kappa shape index (κ2) is 9.15. The molecule has 0 fully saturated rings. The second-order valence-electron chi connectivity index (χ2n) is 11.4. The van der Waals surface area contributed by atoms with Crippen LogP contribution >= 0.6 is 0 Å². The molecule has 0 saturated heterocycles. The normalized spacial score (nSPS) is 12.0. The maximum atomic E-state index is 6.40. The highest BCUT2D eigenvalue weighted by atomic mass is 16.3. The maximum Gasteiger partial charge on any atom is 0.236 e. The third-order valence-electron chi connectivity index (χ3n) is 8.94. The van der Waals surface area contributed by atoms with Crippen molar-refractivity contribution >= 4 is 65.7 Å². The quantitative estimate of drug-likeness (QED) is 0.210. The Kier molecular flexibility index (Phi) is 4.93. The van der Waals surface area contributed by atoms with E-state index in [1.807, 2.05) is 36.4 Å². The van der Waals surface area contributed by atoms with Gasteiger partial charge in [0.15, 0.2) is 5.58 Å². The minimum atomic E-state index is 0.616. The summed E-state index contributed by atoms with van der Waals surface area (Å²) >= 11 is 0. The molecule has 10 rings (SSSR count). The monoisotopic (exact) mass is 576 g/mol. The van der Waals surface area contributed by atoms with E-state index in [4.69, 9.17) is 14.4 Å². The van der Waals surface area contributed by atoms with Crippen LogP contribution in [0.15, 0.2) is 150 Å². The molecule has 210 valence electrons. The summed E-state index contributed by atoms with van der Waals surface area (Å²) in [6.07, 6.45) is 0. The minimum Gasteiger partial charge on any atom is -0.452 e. The summed E-state index contributed by atoms with van der Waals surface area (Å²) in [5.74, 6) is 0.616. The lowest BCUT2D eigenvalue weighted by Crippen LogP contribution is -2.02. The van der Waals surface area contributed by atoms with Gasteiger partial charge in [-0.05, 0) is 48.5 Å². The number of fused-ring (bicyclic) bond motifs is 10. The average molecular weight is 577 g/mol. The molecule has 0 spiro atoms. The zero-order valence-electron chi connectivity index (χ0n) is 24.1. The molecule has 45 heavy (non-hydrogen) atoms. The van der Waals surface area contributed by atoms with Crippen LogP contribution < -0.4 is 0 Å². The summed E-state index contributed by atoms with van der Waals surface area (Å²) in [4.78, 5) is 10.5. The van der Waals surface area contributed by atoms with E-state index in [0.29, 0.717) is 11.5 Å². The summed E-state index contributed by atoms with van der Waals surface area (Å²) in [5.41, 5.74) is 9.67. The van der Waals surface area contributed by atoms with E-state index in [0.717, 1.165) is 49.9 Å². The van der Waals surface area contributed by atoms with Gasteiger partial charge in [0, 0.05) is 38.2 Å². The molecule has 0 aliphatic heterocycles. The Morgan fingerprint density at radius 1 is 0.444 bits per heavy atom. The Balaban J connectivity index is 1.37. The first-order chi connectivity index (χ1) is 22.3. The molecule has 4 aromatic heterocycles. The molecule has 10 aromatic rings. The Hall–Kier alpha value is -6.20. The van der Waals surface area contributed by atoms with Crippen molar-refractivity contribution in [3.63, 3.8) is 0 Å². The van der Waals surface area contributed by atoms with Crippen LogP contribution in [0.3, 0.4) is 0 Å². The molecular formula is C40H24N4O. The van der Waals surface area contributed by atoms with Gasteiger partial charge in [-0.2, -0.15) is 0 Å². The molecule has 0 N–H and O–H groups in total. The van der Waals surface area contributed by atoms with E-state index in [2.05, 4.69) is 118 Å². The fraction of sp³-hybridized carbons (Fsp3) is 0. The van der Waals surface area contributed by atoms with E-state index >= 15 is 0 Å². The summed E-state index contributed by atoms with van der Waals surface area (Å²) in [5, 5.41) is 5.77. The molecule has 0 unspecified atom stereocenters. The van der Waals surface area contributed by atoms with E-state index in [9.17, 15) is 0 Å². The third kappa shape index (κ3) is 3.38. The molecule has 4 heterocycles. The summed E-state index contributed by atoms with van der Waals surface area (Å²) in [7, 11) is 0. The lowest BCUT2D eigenvalue weighted by molar-refractivity contribution is 0.666. The Morgan fingerprint density at radius 3 is 1.71 bits per heavy atom. The smallest absolute Gasteiger partial charge is 0.236 e. The zero-order valence-corrected chi connectivity index (χ0v) is 24.1. The van der Waals surface area contributed by atoms with Crippen molar-refractivity contribution in [1.29, 1.82) is 0 Å². The van der Waals surface area contributed by atoms with Crippen LogP contribution in [-0.2, 0) is 0 Å². The molecule has 0 bridgehead atoms. The molecule has 0 saturated carbocycles. The lowest BCUT2D eigenvalue weighted by atomic mass is 10.1. The average Bonchev–Trinajstić information content (AvgIpc) is 3.76. The molecule has 0 aliphatic carbocycles. The van der Waals surface area contributed by atoms with Gasteiger partial charge in [0.25, 0.3) is 0 Å². The number of hydrogen-bond donors (Lipinski definition) is 0. The molecule has 0 amide bonds. The largest absolute Gasteiger partial charge is 0.452 e. The number of benzene rings is 6. The van der Waals surface area contributed by atoms with Crippen LogP contribution in [0.25, 0.3) is 88.6 Å². The first-order valence-electron chi connectivity index (χ1n) is 15.1. The van der Waals surface area contributed by atoms with E-state index in [1.54, 1.807) is 0 Å². The first-order valence-corrected chi connectivity index (χ1v) is 15.1. The summed E-state index contributed by atoms with van der Waals surface area (Å²) in [6.45, 7) is 0. The maximum absolute atomic E-state index is 6.40. The second-order valence-corrected chi connectivity index (χ2v) is 11.4. The molecule has 5 heteroatoms. The number of nitrogens with zero attached hydrogens (tertiary/aromatic N) is 4. The predicted molar refractivity (Wildman–Crippen MR) is 183 cm³/mol. The van der Waals surface area contributed by atoms with Gasteiger partial charge in [0.2, 0.25) is 5.95 Å². The van der Waals surface area contributed by atoms with E-state index < -0.39 is 0 Å². The van der Waals surface area contributed by atoms with Crippen LogP contribution in [0, 0.1) is 0 Å². The van der Waals surface area contributed by atoms with Crippen molar-refractivity contribution in [1.82, 2.24) is 19.1 Å². The summed E-state index contributed by atoms with van der Waals surface area (Å²) in [6, 6.07) is 50.6. The highest BCUT2D eigenvalue weighted by molar-refractivity contribution is 6.28. The first kappa shape index (κ1) is 24.3.